The number of nitrogens with one attached hydrogen (secondary N) is 1. The lowest BCUT2D eigenvalue weighted by molar-refractivity contribution is -0.250. The van der Waals surface area contributed by atoms with E-state index >= 15 is 0 Å². The molecule has 0 saturated heterocycles. The molecule has 0 spiro atoms. The van der Waals surface area contributed by atoms with Gasteiger partial charge >= 0.3 is 0 Å². The minimum Gasteiger partial charge on any atom is -0.530 e. The number of hydrogen-bond donors (Lipinski definition) is 1. The Morgan fingerprint density at radius 2 is 1.77 bits per heavy atom. The van der Waals surface area contributed by atoms with Gasteiger partial charge in [-0.1, -0.05) is 98.1 Å². The predicted molar refractivity (Wildman–Crippen MR) is 162 cm³/mol. The number of carbonyl (C=O) groups is 1. The van der Waals surface area contributed by atoms with Crippen LogP contribution in [0, 0.1) is 58.2 Å². The first kappa shape index (κ1) is 31.0. The minimum absolute atomic E-state index is 0.402. The molecule has 0 radical (unpaired) electrons. The zero-order valence-corrected chi connectivity index (χ0v) is 26.5. The van der Waals surface area contributed by atoms with Crippen molar-refractivity contribution in [3.05, 3.63) is 11.6 Å². The molecule has 0 heterocycles. The first-order chi connectivity index (χ1) is 18.6. The first-order valence-corrected chi connectivity index (χ1v) is 17.2. The van der Waals surface area contributed by atoms with Gasteiger partial charge in [-0.05, 0) is 116 Å². The van der Waals surface area contributed by atoms with Crippen molar-refractivity contribution in [3.8, 4) is 0 Å². The highest BCUT2D eigenvalue weighted by atomic mass is 16.4. The highest BCUT2D eigenvalue weighted by Crippen LogP contribution is 2.67. The Balaban J connectivity index is 1.42. The van der Waals surface area contributed by atoms with E-state index in [1.54, 1.807) is 5.57 Å². The van der Waals surface area contributed by atoms with Crippen LogP contribution in [0.25, 0.3) is 0 Å². The fourth-order valence-electron chi connectivity index (χ4n) is 10.7. The molecule has 1 N–H and O–H groups in total. The Labute approximate surface area is 241 Å². The summed E-state index contributed by atoms with van der Waals surface area (Å²) in [7, 11) is 0. The average molecular weight is 541 g/mol. The molecule has 0 aromatic rings. The van der Waals surface area contributed by atoms with Crippen LogP contribution in [0.4, 0.5) is 4.79 Å². The second-order valence-electron chi connectivity index (χ2n) is 15.6. The fourth-order valence-corrected chi connectivity index (χ4v) is 10.7. The smallest absolute Gasteiger partial charge is 0.134 e. The highest BCUT2D eigenvalue weighted by molar-refractivity contribution is 5.61. The zero-order chi connectivity index (χ0) is 28.2. The molecule has 3 fully saturated rings. The minimum atomic E-state index is -1.12. The van der Waals surface area contributed by atoms with E-state index in [4.69, 9.17) is 0 Å². The molecule has 3 heteroatoms. The Hall–Kier alpha value is -0.990. The van der Waals surface area contributed by atoms with Crippen molar-refractivity contribution in [1.29, 1.82) is 0 Å². The lowest BCUT2D eigenvalue weighted by atomic mass is 9.46. The number of rotatable bonds is 13. The molecule has 224 valence electrons. The van der Waals surface area contributed by atoms with Crippen LogP contribution in [0.1, 0.15) is 144 Å². The summed E-state index contributed by atoms with van der Waals surface area (Å²) in [5.41, 5.74) is 2.75. The van der Waals surface area contributed by atoms with Gasteiger partial charge < -0.3 is 15.2 Å². The summed E-state index contributed by atoms with van der Waals surface area (Å²) in [6, 6.07) is 0. The maximum absolute atomic E-state index is 11.0. The van der Waals surface area contributed by atoms with E-state index < -0.39 is 6.09 Å². The molecule has 3 saturated carbocycles. The van der Waals surface area contributed by atoms with Crippen molar-refractivity contribution < 1.29 is 9.90 Å². The van der Waals surface area contributed by atoms with Crippen LogP contribution < -0.4 is 10.4 Å². The fraction of sp³-hybridized carbons (Fsp3) is 0.917. The molecular formula is C36H62NO2-. The summed E-state index contributed by atoms with van der Waals surface area (Å²) in [5.74, 6) is 6.71. The predicted octanol–water partition coefficient (Wildman–Crippen LogP) is 9.16. The molecule has 9 atom stereocenters. The summed E-state index contributed by atoms with van der Waals surface area (Å²) in [5, 5.41) is 13.5. The van der Waals surface area contributed by atoms with E-state index in [1.165, 1.54) is 96.3 Å². The molecule has 1 amide bonds. The molecule has 0 aliphatic heterocycles. The SMILES string of the molecule is CCCCCC(CCNC(=O)[O-])[C@H]1CC[C@@]2(C)C(=CC[C@H]3[C@@H]4CC[C@H]([C@H](C)CCCC(C)C)[C@@]4(C)CC[C@@H]32)C1. The summed E-state index contributed by atoms with van der Waals surface area (Å²) in [6.07, 6.45) is 23.0. The van der Waals surface area contributed by atoms with Gasteiger partial charge in [-0.3, -0.25) is 0 Å². The number of unbranched alkanes of at least 4 members (excludes halogenated alkanes) is 2. The van der Waals surface area contributed by atoms with Gasteiger partial charge in [-0.2, -0.15) is 0 Å². The van der Waals surface area contributed by atoms with E-state index in [0.29, 0.717) is 23.3 Å². The van der Waals surface area contributed by atoms with Gasteiger partial charge in [0.1, 0.15) is 6.09 Å². The summed E-state index contributed by atoms with van der Waals surface area (Å²) < 4.78 is 0. The van der Waals surface area contributed by atoms with Crippen LogP contribution in [-0.2, 0) is 0 Å². The molecule has 1 unspecified atom stereocenters. The van der Waals surface area contributed by atoms with Crippen molar-refractivity contribution in [2.75, 3.05) is 6.54 Å². The molecule has 39 heavy (non-hydrogen) atoms. The van der Waals surface area contributed by atoms with Crippen LogP contribution >= 0.6 is 0 Å². The number of carbonyl (C=O) groups excluding carboxylic acids is 1. The third kappa shape index (κ3) is 6.74. The van der Waals surface area contributed by atoms with E-state index in [9.17, 15) is 9.90 Å². The maximum Gasteiger partial charge on any atom is 0.134 e. The topological polar surface area (TPSA) is 52.2 Å². The number of amides is 1. The van der Waals surface area contributed by atoms with Crippen LogP contribution in [0.3, 0.4) is 0 Å². The second kappa shape index (κ2) is 13.3. The van der Waals surface area contributed by atoms with Gasteiger partial charge in [0, 0.05) is 6.54 Å². The van der Waals surface area contributed by atoms with Gasteiger partial charge in [0.25, 0.3) is 0 Å². The third-order valence-corrected chi connectivity index (χ3v) is 13.0. The molecule has 4 aliphatic rings. The van der Waals surface area contributed by atoms with E-state index in [0.717, 1.165) is 47.8 Å². The van der Waals surface area contributed by atoms with Crippen molar-refractivity contribution in [2.24, 2.45) is 58.2 Å². The van der Waals surface area contributed by atoms with Crippen LogP contribution in [0.5, 0.6) is 0 Å². The Kier molecular flexibility index (Phi) is 10.6. The van der Waals surface area contributed by atoms with Gasteiger partial charge in [-0.25, -0.2) is 0 Å². The Bertz CT molecular complexity index is 834. The van der Waals surface area contributed by atoms with Crippen molar-refractivity contribution in [3.63, 3.8) is 0 Å². The number of carboxylic acid groups (broad SMARTS) is 1. The molecule has 4 aliphatic carbocycles. The number of allylic oxidation sites excluding steroid dienone is 2. The molecule has 0 bridgehead atoms. The quantitative estimate of drug-likeness (QED) is 0.187. The van der Waals surface area contributed by atoms with Crippen molar-refractivity contribution in [2.45, 2.75) is 144 Å². The third-order valence-electron chi connectivity index (χ3n) is 13.0. The molecule has 0 aromatic heterocycles. The standard InChI is InChI=1S/C36H63NO2/c1-7-8-9-13-27(20-23-37-34(38)39)28-18-21-35(5)29(24-28)14-15-30-32-17-16-31(26(4)12-10-11-25(2)3)36(32,6)22-19-33(30)35/h14,25-28,30-33,37H,7-13,15-24H2,1-6H3,(H,38,39)/p-1/t26-,27?,28+,30+,31-,32+,33+,35+,36-/m1/s1. The van der Waals surface area contributed by atoms with Crippen molar-refractivity contribution >= 4 is 6.09 Å². The van der Waals surface area contributed by atoms with E-state index in [-0.39, 0.29) is 0 Å². The molecular weight excluding hydrogens is 478 g/mol. The maximum atomic E-state index is 11.0. The van der Waals surface area contributed by atoms with E-state index in [1.807, 2.05) is 0 Å². The molecule has 4 rings (SSSR count). The lowest BCUT2D eigenvalue weighted by Crippen LogP contribution is -2.50. The summed E-state index contributed by atoms with van der Waals surface area (Å²) in [6.45, 7) is 15.5. The summed E-state index contributed by atoms with van der Waals surface area (Å²) in [4.78, 5) is 11.0. The van der Waals surface area contributed by atoms with Crippen LogP contribution in [-0.4, -0.2) is 12.6 Å². The monoisotopic (exact) mass is 540 g/mol. The van der Waals surface area contributed by atoms with Crippen molar-refractivity contribution in [1.82, 2.24) is 5.32 Å². The zero-order valence-electron chi connectivity index (χ0n) is 26.5. The number of hydrogen-bond acceptors (Lipinski definition) is 2. The van der Waals surface area contributed by atoms with Gasteiger partial charge in [0.05, 0.1) is 0 Å². The Morgan fingerprint density at radius 3 is 2.49 bits per heavy atom. The highest BCUT2D eigenvalue weighted by Gasteiger charge is 2.59. The molecule has 3 nitrogen and oxygen atoms in total. The Morgan fingerprint density at radius 1 is 0.974 bits per heavy atom. The largest absolute Gasteiger partial charge is 0.530 e. The normalized spacial score (nSPS) is 37.4. The number of fused-ring (bicyclic) bond motifs is 5. The van der Waals surface area contributed by atoms with Gasteiger partial charge in [0.15, 0.2) is 0 Å². The van der Waals surface area contributed by atoms with Crippen LogP contribution in [0.15, 0.2) is 11.6 Å². The molecule has 0 aromatic carbocycles. The average Bonchev–Trinajstić information content (AvgIpc) is 3.24. The second-order valence-corrected chi connectivity index (χ2v) is 15.6. The summed E-state index contributed by atoms with van der Waals surface area (Å²) >= 11 is 0. The van der Waals surface area contributed by atoms with E-state index in [2.05, 4.69) is 52.9 Å². The van der Waals surface area contributed by atoms with Gasteiger partial charge in [-0.15, -0.1) is 0 Å². The van der Waals surface area contributed by atoms with Gasteiger partial charge in [0.2, 0.25) is 0 Å². The lowest BCUT2D eigenvalue weighted by Gasteiger charge is -2.59. The van der Waals surface area contributed by atoms with Crippen LogP contribution in [0.2, 0.25) is 0 Å². The first-order valence-electron chi connectivity index (χ1n) is 17.2.